The van der Waals surface area contributed by atoms with Crippen LogP contribution in [-0.4, -0.2) is 12.4 Å². The van der Waals surface area contributed by atoms with Crippen molar-refractivity contribution in [1.82, 2.24) is 0 Å². The van der Waals surface area contributed by atoms with Crippen LogP contribution in [0.4, 0.5) is 0 Å². The van der Waals surface area contributed by atoms with Crippen molar-refractivity contribution in [2.75, 3.05) is 6.61 Å². The smallest absolute Gasteiger partial charge is 0.160 e. The molecule has 12 heavy (non-hydrogen) atoms. The van der Waals surface area contributed by atoms with Crippen molar-refractivity contribution in [2.24, 2.45) is 0 Å². The van der Waals surface area contributed by atoms with Gasteiger partial charge in [0, 0.05) is 5.56 Å². The zero-order chi connectivity index (χ0) is 8.97. The van der Waals surface area contributed by atoms with E-state index in [-0.39, 0.29) is 12.4 Å². The van der Waals surface area contributed by atoms with Gasteiger partial charge in [-0.15, -0.1) is 0 Å². The zero-order valence-corrected chi connectivity index (χ0v) is 7.04. The van der Waals surface area contributed by atoms with E-state index >= 15 is 0 Å². The first-order chi connectivity index (χ1) is 5.75. The molecule has 1 aromatic carbocycles. The SMILES string of the molecule is CC(=O)c1ccccc1CC[O]. The van der Waals surface area contributed by atoms with Crippen molar-refractivity contribution in [2.45, 2.75) is 13.3 Å². The Labute approximate surface area is 71.8 Å². The predicted octanol–water partition coefficient (Wildman–Crippen LogP) is 1.86. The van der Waals surface area contributed by atoms with Crippen LogP contribution in [0, 0.1) is 0 Å². The molecule has 2 heteroatoms. The molecule has 0 heterocycles. The second-order valence-electron chi connectivity index (χ2n) is 2.67. The predicted molar refractivity (Wildman–Crippen MR) is 45.7 cm³/mol. The van der Waals surface area contributed by atoms with Gasteiger partial charge < -0.3 is 0 Å². The van der Waals surface area contributed by atoms with Crippen LogP contribution >= 0.6 is 0 Å². The van der Waals surface area contributed by atoms with Crippen molar-refractivity contribution in [3.63, 3.8) is 0 Å². The molecule has 0 amide bonds. The molecule has 0 saturated heterocycles. The van der Waals surface area contributed by atoms with E-state index in [0.717, 1.165) is 5.56 Å². The number of carbonyl (C=O) groups excluding carboxylic acids is 1. The molecule has 0 spiro atoms. The standard InChI is InChI=1S/C10H11O2/c1-8(12)10-5-3-2-4-9(10)6-7-11/h2-5H,6-7H2,1H3. The molecule has 0 aliphatic rings. The lowest BCUT2D eigenvalue weighted by molar-refractivity contribution is 0.101. The highest BCUT2D eigenvalue weighted by Gasteiger charge is 2.04. The number of rotatable bonds is 3. The highest BCUT2D eigenvalue weighted by molar-refractivity contribution is 5.95. The first kappa shape index (κ1) is 8.94. The van der Waals surface area contributed by atoms with E-state index in [2.05, 4.69) is 0 Å². The molecular weight excluding hydrogens is 152 g/mol. The molecule has 0 N–H and O–H groups in total. The first-order valence-corrected chi connectivity index (χ1v) is 3.92. The molecule has 1 aromatic rings. The van der Waals surface area contributed by atoms with Crippen LogP contribution in [0.2, 0.25) is 0 Å². The molecule has 0 aliphatic heterocycles. The van der Waals surface area contributed by atoms with E-state index in [0.29, 0.717) is 12.0 Å². The Kier molecular flexibility index (Phi) is 3.00. The lowest BCUT2D eigenvalue weighted by atomic mass is 10.0. The second kappa shape index (κ2) is 4.02. The van der Waals surface area contributed by atoms with Crippen molar-refractivity contribution in [3.8, 4) is 0 Å². The topological polar surface area (TPSA) is 37.0 Å². The number of benzene rings is 1. The quantitative estimate of drug-likeness (QED) is 0.626. The van der Waals surface area contributed by atoms with Crippen molar-refractivity contribution < 1.29 is 9.90 Å². The van der Waals surface area contributed by atoms with Gasteiger partial charge in [0.15, 0.2) is 5.78 Å². The van der Waals surface area contributed by atoms with E-state index in [1.54, 1.807) is 6.07 Å². The summed E-state index contributed by atoms with van der Waals surface area (Å²) in [5.74, 6) is 0.0269. The largest absolute Gasteiger partial charge is 0.295 e. The Morgan fingerprint density at radius 3 is 2.58 bits per heavy atom. The van der Waals surface area contributed by atoms with Crippen molar-refractivity contribution in [1.29, 1.82) is 0 Å². The van der Waals surface area contributed by atoms with Gasteiger partial charge in [-0.2, -0.15) is 0 Å². The van der Waals surface area contributed by atoms with Crippen LogP contribution in [0.15, 0.2) is 24.3 Å². The summed E-state index contributed by atoms with van der Waals surface area (Å²) in [6.07, 6.45) is 0.440. The lowest BCUT2D eigenvalue weighted by Crippen LogP contribution is -2.00. The molecule has 0 unspecified atom stereocenters. The number of hydrogen-bond donors (Lipinski definition) is 0. The van der Waals surface area contributed by atoms with E-state index in [1.807, 2.05) is 18.2 Å². The number of hydrogen-bond acceptors (Lipinski definition) is 1. The molecule has 0 aliphatic carbocycles. The van der Waals surface area contributed by atoms with Crippen LogP contribution in [-0.2, 0) is 11.5 Å². The summed E-state index contributed by atoms with van der Waals surface area (Å²) in [6.45, 7) is 1.36. The molecule has 2 nitrogen and oxygen atoms in total. The highest BCUT2D eigenvalue weighted by Crippen LogP contribution is 2.09. The molecule has 1 rings (SSSR count). The highest BCUT2D eigenvalue weighted by atomic mass is 16.3. The summed E-state index contributed by atoms with van der Waals surface area (Å²) in [6, 6.07) is 7.24. The Hall–Kier alpha value is -1.15. The number of ketones is 1. The third-order valence-corrected chi connectivity index (χ3v) is 1.77. The van der Waals surface area contributed by atoms with Gasteiger partial charge in [0.05, 0.1) is 6.61 Å². The van der Waals surface area contributed by atoms with Crippen LogP contribution in [0.25, 0.3) is 0 Å². The Morgan fingerprint density at radius 1 is 1.33 bits per heavy atom. The fourth-order valence-electron chi connectivity index (χ4n) is 1.19. The maximum absolute atomic E-state index is 11.0. The Balaban J connectivity index is 3.00. The number of carbonyl (C=O) groups is 1. The fourth-order valence-corrected chi connectivity index (χ4v) is 1.19. The van der Waals surface area contributed by atoms with Crippen molar-refractivity contribution in [3.05, 3.63) is 35.4 Å². The Morgan fingerprint density at radius 2 is 2.00 bits per heavy atom. The summed E-state index contributed by atoms with van der Waals surface area (Å²) in [5.41, 5.74) is 1.54. The molecule has 0 saturated carbocycles. The van der Waals surface area contributed by atoms with Gasteiger partial charge in [-0.05, 0) is 18.9 Å². The maximum Gasteiger partial charge on any atom is 0.160 e. The van der Waals surface area contributed by atoms with Crippen LogP contribution in [0.5, 0.6) is 0 Å². The minimum absolute atomic E-state index is 0.0269. The van der Waals surface area contributed by atoms with E-state index in [4.69, 9.17) is 0 Å². The van der Waals surface area contributed by atoms with Gasteiger partial charge in [-0.1, -0.05) is 24.3 Å². The lowest BCUT2D eigenvalue weighted by Gasteiger charge is -2.02. The van der Waals surface area contributed by atoms with Gasteiger partial charge in [-0.25, -0.2) is 5.11 Å². The zero-order valence-electron chi connectivity index (χ0n) is 7.04. The normalized spacial score (nSPS) is 9.83. The molecule has 63 valence electrons. The molecular formula is C10H11O2. The Bertz CT molecular complexity index is 279. The van der Waals surface area contributed by atoms with Gasteiger partial charge in [-0.3, -0.25) is 4.79 Å². The van der Waals surface area contributed by atoms with E-state index in [9.17, 15) is 9.90 Å². The average Bonchev–Trinajstić information content (AvgIpc) is 2.05. The minimum Gasteiger partial charge on any atom is -0.295 e. The maximum atomic E-state index is 11.0. The molecule has 0 aromatic heterocycles. The third kappa shape index (κ3) is 1.92. The van der Waals surface area contributed by atoms with Crippen LogP contribution < -0.4 is 0 Å². The summed E-state index contributed by atoms with van der Waals surface area (Å²) >= 11 is 0. The molecule has 1 radical (unpaired) electrons. The third-order valence-electron chi connectivity index (χ3n) is 1.77. The van der Waals surface area contributed by atoms with Gasteiger partial charge in [0.2, 0.25) is 0 Å². The molecule has 0 bridgehead atoms. The van der Waals surface area contributed by atoms with Crippen molar-refractivity contribution >= 4 is 5.78 Å². The summed E-state index contributed by atoms with van der Waals surface area (Å²) < 4.78 is 0. The monoisotopic (exact) mass is 163 g/mol. The van der Waals surface area contributed by atoms with E-state index < -0.39 is 0 Å². The van der Waals surface area contributed by atoms with Gasteiger partial charge >= 0.3 is 0 Å². The average molecular weight is 163 g/mol. The van der Waals surface area contributed by atoms with Gasteiger partial charge in [0.1, 0.15) is 0 Å². The first-order valence-electron chi connectivity index (χ1n) is 3.92. The van der Waals surface area contributed by atoms with Crippen LogP contribution in [0.1, 0.15) is 22.8 Å². The minimum atomic E-state index is -0.162. The van der Waals surface area contributed by atoms with Gasteiger partial charge in [0.25, 0.3) is 0 Å². The fraction of sp³-hybridized carbons (Fsp3) is 0.300. The summed E-state index contributed by atoms with van der Waals surface area (Å²) in [5, 5.41) is 10.4. The molecule has 0 atom stereocenters. The summed E-state index contributed by atoms with van der Waals surface area (Å²) in [4.78, 5) is 11.0. The summed E-state index contributed by atoms with van der Waals surface area (Å²) in [7, 11) is 0. The van der Waals surface area contributed by atoms with E-state index in [1.165, 1.54) is 6.92 Å². The second-order valence-corrected chi connectivity index (χ2v) is 2.67. The van der Waals surface area contributed by atoms with Crippen LogP contribution in [0.3, 0.4) is 0 Å². The molecule has 0 fully saturated rings. The number of Topliss-reactive ketones (excluding diaryl/α,β-unsaturated/α-hetero) is 1.